The average molecular weight is 645 g/mol. The van der Waals surface area contributed by atoms with Crippen LogP contribution in [0.5, 0.6) is 0 Å². The van der Waals surface area contributed by atoms with E-state index in [1.54, 1.807) is 6.92 Å². The second kappa shape index (κ2) is 20.2. The SMILES string of the molecule is CCCCCCCCCCCCOC(C)CC12NC(=O)N=C1C(=O)N(P(=O)=O)C(=O)N2S(=O)CCCCCCCCCC. The molecule has 2 aliphatic heterocycles. The lowest BCUT2D eigenvalue weighted by molar-refractivity contribution is -0.120. The number of hydrogen-bond acceptors (Lipinski definition) is 7. The number of rotatable bonds is 25. The van der Waals surface area contributed by atoms with Gasteiger partial charge in [-0.2, -0.15) is 4.99 Å². The molecule has 3 atom stereocenters. The van der Waals surface area contributed by atoms with E-state index in [9.17, 15) is 27.7 Å². The Labute approximate surface area is 260 Å². The number of amides is 5. The molecule has 246 valence electrons. The molecule has 2 aliphatic rings. The van der Waals surface area contributed by atoms with E-state index < -0.39 is 54.3 Å². The van der Waals surface area contributed by atoms with Crippen molar-refractivity contribution in [3.05, 3.63) is 0 Å². The monoisotopic (exact) mass is 644 g/mol. The number of aliphatic imine (C=N–C) groups is 1. The Hall–Kier alpha value is -1.91. The molecule has 3 unspecified atom stereocenters. The highest BCUT2D eigenvalue weighted by atomic mass is 32.2. The van der Waals surface area contributed by atoms with E-state index in [1.807, 2.05) is 0 Å². The molecule has 11 nitrogen and oxygen atoms in total. The smallest absolute Gasteiger partial charge is 0.378 e. The first-order valence-corrected chi connectivity index (χ1v) is 18.8. The number of fused-ring (bicyclic) bond motifs is 1. The first-order valence-electron chi connectivity index (χ1n) is 16.4. The number of imide groups is 1. The summed E-state index contributed by atoms with van der Waals surface area (Å²) in [6.45, 7) is 6.59. The van der Waals surface area contributed by atoms with Crippen molar-refractivity contribution in [3.63, 3.8) is 0 Å². The number of unbranched alkanes of at least 4 members (excludes halogenated alkanes) is 16. The van der Waals surface area contributed by atoms with Gasteiger partial charge in [-0.1, -0.05) is 117 Å². The van der Waals surface area contributed by atoms with Gasteiger partial charge < -0.3 is 10.1 Å². The van der Waals surface area contributed by atoms with Gasteiger partial charge in [0.2, 0.25) is 0 Å². The summed E-state index contributed by atoms with van der Waals surface area (Å²) in [5, 5.41) is 2.57. The third-order valence-corrected chi connectivity index (χ3v) is 10.2. The highest BCUT2D eigenvalue weighted by molar-refractivity contribution is 7.83. The first kappa shape index (κ1) is 37.3. The van der Waals surface area contributed by atoms with Gasteiger partial charge in [0, 0.05) is 18.8 Å². The molecule has 0 aromatic rings. The third kappa shape index (κ3) is 11.5. The van der Waals surface area contributed by atoms with Gasteiger partial charge in [0.1, 0.15) is 11.0 Å². The van der Waals surface area contributed by atoms with Gasteiger partial charge in [-0.15, -0.1) is 4.67 Å². The van der Waals surface area contributed by atoms with E-state index in [-0.39, 0.29) is 16.8 Å². The number of ether oxygens (including phenoxy) is 1. The van der Waals surface area contributed by atoms with Crippen LogP contribution in [0.3, 0.4) is 0 Å². The zero-order valence-corrected chi connectivity index (χ0v) is 28.2. The Balaban J connectivity index is 1.98. The van der Waals surface area contributed by atoms with Crippen molar-refractivity contribution in [2.24, 2.45) is 4.99 Å². The highest BCUT2D eigenvalue weighted by Crippen LogP contribution is 2.37. The predicted molar refractivity (Wildman–Crippen MR) is 169 cm³/mol. The molecule has 0 saturated carbocycles. The molecule has 2 heterocycles. The fourth-order valence-corrected chi connectivity index (χ4v) is 7.68. The zero-order chi connectivity index (χ0) is 31.7. The summed E-state index contributed by atoms with van der Waals surface area (Å²) < 4.78 is 44.2. The van der Waals surface area contributed by atoms with E-state index >= 15 is 0 Å². The van der Waals surface area contributed by atoms with Gasteiger partial charge in [-0.05, 0) is 19.8 Å². The van der Waals surface area contributed by atoms with E-state index in [1.165, 1.54) is 64.2 Å². The van der Waals surface area contributed by atoms with Gasteiger partial charge in [0.25, 0.3) is 5.91 Å². The standard InChI is InChI=1S/C30H53N4O7PS/c1-4-6-8-10-12-14-15-16-18-20-22-41-25(3)24-30-26(31-28(36)32-30)27(35)33(42(38)39)29(37)34(30)43(40)23-21-19-17-13-11-9-7-5-2/h25H,4-24H2,1-3H3,(H,32,36). The molecule has 1 fully saturated rings. The maximum Gasteiger partial charge on any atom is 0.438 e. The van der Waals surface area contributed by atoms with Crippen LogP contribution < -0.4 is 5.32 Å². The summed E-state index contributed by atoms with van der Waals surface area (Å²) in [5.41, 5.74) is -2.29. The maximum absolute atomic E-state index is 13.6. The molecule has 1 saturated heterocycles. The lowest BCUT2D eigenvalue weighted by Gasteiger charge is -2.44. The van der Waals surface area contributed by atoms with Crippen molar-refractivity contribution in [1.29, 1.82) is 0 Å². The van der Waals surface area contributed by atoms with Crippen molar-refractivity contribution in [1.82, 2.24) is 14.3 Å². The highest BCUT2D eigenvalue weighted by Gasteiger charge is 2.62. The summed E-state index contributed by atoms with van der Waals surface area (Å²) in [6, 6.07) is -2.14. The molecule has 0 aromatic heterocycles. The maximum atomic E-state index is 13.6. The number of hydrogen-bond donors (Lipinski definition) is 1. The van der Waals surface area contributed by atoms with Crippen molar-refractivity contribution in [2.45, 2.75) is 155 Å². The minimum Gasteiger partial charge on any atom is -0.378 e. The van der Waals surface area contributed by atoms with Crippen LogP contribution in [-0.4, -0.2) is 61.0 Å². The minimum atomic E-state index is -3.67. The van der Waals surface area contributed by atoms with Gasteiger partial charge in [0.05, 0.1) is 6.10 Å². The van der Waals surface area contributed by atoms with Crippen LogP contribution in [0.15, 0.2) is 4.99 Å². The van der Waals surface area contributed by atoms with Crippen molar-refractivity contribution < 1.29 is 32.5 Å². The van der Waals surface area contributed by atoms with Crippen molar-refractivity contribution in [2.75, 3.05) is 12.4 Å². The summed E-state index contributed by atoms with van der Waals surface area (Å²) in [4.78, 5) is 42.6. The van der Waals surface area contributed by atoms with E-state index in [4.69, 9.17) is 4.74 Å². The van der Waals surface area contributed by atoms with Crippen LogP contribution in [0.2, 0.25) is 0 Å². The molecule has 0 bridgehead atoms. The van der Waals surface area contributed by atoms with E-state index in [2.05, 4.69) is 24.2 Å². The second-order valence-corrected chi connectivity index (χ2v) is 14.0. The summed E-state index contributed by atoms with van der Waals surface area (Å²) in [6.07, 6.45) is 19.3. The summed E-state index contributed by atoms with van der Waals surface area (Å²) in [5.74, 6) is -1.13. The fraction of sp³-hybridized carbons (Fsp3) is 0.867. The van der Waals surface area contributed by atoms with Crippen LogP contribution in [-0.2, 0) is 29.6 Å². The van der Waals surface area contributed by atoms with E-state index in [0.29, 0.717) is 13.0 Å². The molecule has 0 spiro atoms. The zero-order valence-electron chi connectivity index (χ0n) is 26.5. The third-order valence-electron chi connectivity index (χ3n) is 8.04. The van der Waals surface area contributed by atoms with E-state index in [0.717, 1.165) is 49.3 Å². The lowest BCUT2D eigenvalue weighted by Crippen LogP contribution is -2.73. The summed E-state index contributed by atoms with van der Waals surface area (Å²) >= 11 is 0. The Morgan fingerprint density at radius 1 is 0.814 bits per heavy atom. The van der Waals surface area contributed by atoms with Gasteiger partial charge in [-0.25, -0.2) is 27.2 Å². The molecule has 13 heteroatoms. The number of carbonyl (C=O) groups is 3. The first-order chi connectivity index (χ1) is 20.7. The van der Waals surface area contributed by atoms with Gasteiger partial charge in [-0.3, -0.25) is 4.79 Å². The lowest BCUT2D eigenvalue weighted by atomic mass is 9.95. The number of carbonyl (C=O) groups excluding carboxylic acids is 3. The quantitative estimate of drug-likeness (QED) is 0.0792. The topological polar surface area (TPSA) is 143 Å². The van der Waals surface area contributed by atoms with Crippen LogP contribution in [0.4, 0.5) is 9.59 Å². The largest absolute Gasteiger partial charge is 0.438 e. The van der Waals surface area contributed by atoms with Crippen LogP contribution in [0.1, 0.15) is 143 Å². The Morgan fingerprint density at radius 2 is 1.30 bits per heavy atom. The molecule has 5 amide bonds. The van der Waals surface area contributed by atoms with Gasteiger partial charge in [0.15, 0.2) is 11.4 Å². The Kier molecular flexibility index (Phi) is 17.5. The molecule has 2 rings (SSSR count). The van der Waals surface area contributed by atoms with Crippen LogP contribution >= 0.6 is 7.83 Å². The van der Waals surface area contributed by atoms with Gasteiger partial charge >= 0.3 is 19.9 Å². The van der Waals surface area contributed by atoms with Crippen LogP contribution in [0.25, 0.3) is 0 Å². The molecule has 43 heavy (non-hydrogen) atoms. The molecule has 0 aromatic carbocycles. The van der Waals surface area contributed by atoms with Crippen molar-refractivity contribution in [3.8, 4) is 0 Å². The molecule has 1 N–H and O–H groups in total. The minimum absolute atomic E-state index is 0.0215. The molecular formula is C30H53N4O7PS. The summed E-state index contributed by atoms with van der Waals surface area (Å²) in [7, 11) is -5.70. The van der Waals surface area contributed by atoms with Crippen molar-refractivity contribution >= 4 is 42.5 Å². The number of nitrogens with zero attached hydrogens (tertiary/aromatic N) is 3. The number of urea groups is 2. The Bertz CT molecular complexity index is 1030. The molecule has 0 radical (unpaired) electrons. The predicted octanol–water partition coefficient (Wildman–Crippen LogP) is 7.72. The Morgan fingerprint density at radius 3 is 1.81 bits per heavy atom. The molecular weight excluding hydrogens is 591 g/mol. The number of nitrogens with one attached hydrogen (secondary N) is 1. The average Bonchev–Trinajstić information content (AvgIpc) is 3.29. The molecule has 0 aliphatic carbocycles. The second-order valence-electron chi connectivity index (χ2n) is 11.8. The normalized spacial score (nSPS) is 19.8. The van der Waals surface area contributed by atoms with Crippen LogP contribution in [0, 0.1) is 0 Å². The fourth-order valence-electron chi connectivity index (χ4n) is 5.70.